The van der Waals surface area contributed by atoms with Crippen LogP contribution in [0.25, 0.3) is 0 Å². The Labute approximate surface area is 113 Å². The summed E-state index contributed by atoms with van der Waals surface area (Å²) in [6.07, 6.45) is 5.27. The fourth-order valence-electron chi connectivity index (χ4n) is 2.14. The Morgan fingerprint density at radius 2 is 2.26 bits per heavy atom. The molecule has 0 aliphatic heterocycles. The molecule has 0 spiro atoms. The minimum absolute atomic E-state index is 0.0276. The number of rotatable bonds is 8. The molecule has 0 aromatic heterocycles. The van der Waals surface area contributed by atoms with Gasteiger partial charge in [-0.2, -0.15) is 0 Å². The van der Waals surface area contributed by atoms with Gasteiger partial charge in [0.2, 0.25) is 0 Å². The first-order chi connectivity index (χ1) is 9.20. The average molecular weight is 264 g/mol. The van der Waals surface area contributed by atoms with Crippen LogP contribution in [-0.2, 0) is 6.54 Å². The summed E-state index contributed by atoms with van der Waals surface area (Å²) in [5, 5.41) is 14.2. The lowest BCUT2D eigenvalue weighted by molar-refractivity contribution is -0.385. The predicted octanol–water partition coefficient (Wildman–Crippen LogP) is 2.88. The van der Waals surface area contributed by atoms with Gasteiger partial charge in [-0.1, -0.05) is 18.9 Å². The number of ether oxygens (including phenoxy) is 1. The Hall–Kier alpha value is -1.62. The van der Waals surface area contributed by atoms with Gasteiger partial charge in [-0.15, -0.1) is 0 Å². The van der Waals surface area contributed by atoms with Crippen LogP contribution in [-0.4, -0.2) is 18.6 Å². The number of nitrogens with one attached hydrogen (secondary N) is 1. The first-order valence-electron chi connectivity index (χ1n) is 6.72. The van der Waals surface area contributed by atoms with E-state index >= 15 is 0 Å². The van der Waals surface area contributed by atoms with Crippen molar-refractivity contribution in [2.45, 2.75) is 32.2 Å². The largest absolute Gasteiger partial charge is 0.490 e. The third-order valence-corrected chi connectivity index (χ3v) is 3.43. The van der Waals surface area contributed by atoms with Crippen LogP contribution in [0.2, 0.25) is 0 Å². The van der Waals surface area contributed by atoms with Gasteiger partial charge in [0.15, 0.2) is 5.75 Å². The second kappa shape index (κ2) is 6.52. The summed E-state index contributed by atoms with van der Waals surface area (Å²) in [5.41, 5.74) is 0.943. The number of hydrogen-bond donors (Lipinski definition) is 1. The van der Waals surface area contributed by atoms with Crippen molar-refractivity contribution >= 4 is 5.69 Å². The highest BCUT2D eigenvalue weighted by atomic mass is 16.6. The van der Waals surface area contributed by atoms with E-state index in [1.54, 1.807) is 12.1 Å². The van der Waals surface area contributed by atoms with E-state index < -0.39 is 4.92 Å². The third-order valence-electron chi connectivity index (χ3n) is 3.43. The van der Waals surface area contributed by atoms with Crippen molar-refractivity contribution in [1.29, 1.82) is 0 Å². The maximum absolute atomic E-state index is 10.9. The van der Waals surface area contributed by atoms with Crippen LogP contribution in [0.3, 0.4) is 0 Å². The molecule has 1 N–H and O–H groups in total. The number of nitro groups is 1. The van der Waals surface area contributed by atoms with Gasteiger partial charge in [0.05, 0.1) is 12.0 Å². The van der Waals surface area contributed by atoms with Gasteiger partial charge in [0.1, 0.15) is 0 Å². The molecule has 0 radical (unpaired) electrons. The van der Waals surface area contributed by atoms with Crippen molar-refractivity contribution in [3.05, 3.63) is 33.9 Å². The molecule has 5 nitrogen and oxygen atoms in total. The third kappa shape index (κ3) is 4.21. The molecule has 0 heterocycles. The van der Waals surface area contributed by atoms with Gasteiger partial charge in [0.25, 0.3) is 0 Å². The molecule has 19 heavy (non-hydrogen) atoms. The van der Waals surface area contributed by atoms with Crippen LogP contribution < -0.4 is 10.1 Å². The van der Waals surface area contributed by atoms with Crippen molar-refractivity contribution in [2.24, 2.45) is 5.92 Å². The molecule has 1 fully saturated rings. The standard InChI is InChI=1S/C14H20N2O3/c1-19-14-7-6-12(9-13(14)16(17)18)10-15-8-2-3-11-4-5-11/h6-7,9,11,15H,2-5,8,10H2,1H3. The average Bonchev–Trinajstić information content (AvgIpc) is 3.22. The van der Waals surface area contributed by atoms with Crippen LogP contribution in [0, 0.1) is 16.0 Å². The van der Waals surface area contributed by atoms with Crippen molar-refractivity contribution in [3.63, 3.8) is 0 Å². The summed E-state index contributed by atoms with van der Waals surface area (Å²) in [4.78, 5) is 10.5. The van der Waals surface area contributed by atoms with Crippen LogP contribution in [0.4, 0.5) is 5.69 Å². The quantitative estimate of drug-likeness (QED) is 0.445. The molecule has 1 aromatic rings. The molecule has 0 amide bonds. The summed E-state index contributed by atoms with van der Waals surface area (Å²) >= 11 is 0. The smallest absolute Gasteiger partial charge is 0.311 e. The Kier molecular flexibility index (Phi) is 4.74. The maximum atomic E-state index is 10.9. The maximum Gasteiger partial charge on any atom is 0.311 e. The highest BCUT2D eigenvalue weighted by molar-refractivity contribution is 5.48. The van der Waals surface area contributed by atoms with Crippen LogP contribution in [0.15, 0.2) is 18.2 Å². The van der Waals surface area contributed by atoms with Crippen molar-refractivity contribution in [2.75, 3.05) is 13.7 Å². The van der Waals surface area contributed by atoms with E-state index in [0.717, 1.165) is 18.0 Å². The number of nitrogens with zero attached hydrogens (tertiary/aromatic N) is 1. The Morgan fingerprint density at radius 1 is 1.47 bits per heavy atom. The normalized spacial score (nSPS) is 14.4. The molecule has 1 aromatic carbocycles. The number of hydrogen-bond acceptors (Lipinski definition) is 4. The highest BCUT2D eigenvalue weighted by Gasteiger charge is 2.20. The van der Waals surface area contributed by atoms with Crippen LogP contribution in [0.1, 0.15) is 31.2 Å². The van der Waals surface area contributed by atoms with E-state index in [9.17, 15) is 10.1 Å². The van der Waals surface area contributed by atoms with Gasteiger partial charge in [-0.3, -0.25) is 10.1 Å². The zero-order valence-corrected chi connectivity index (χ0v) is 11.2. The topological polar surface area (TPSA) is 64.4 Å². The van der Waals surface area contributed by atoms with E-state index in [-0.39, 0.29) is 5.69 Å². The zero-order valence-electron chi connectivity index (χ0n) is 11.2. The molecule has 104 valence electrons. The fraction of sp³-hybridized carbons (Fsp3) is 0.571. The van der Waals surface area contributed by atoms with Crippen LogP contribution >= 0.6 is 0 Å². The molecule has 1 saturated carbocycles. The molecule has 5 heteroatoms. The predicted molar refractivity (Wildman–Crippen MR) is 73.3 cm³/mol. The van der Waals surface area contributed by atoms with Crippen molar-refractivity contribution in [1.82, 2.24) is 5.32 Å². The summed E-state index contributed by atoms with van der Waals surface area (Å²) in [5.74, 6) is 1.27. The molecular weight excluding hydrogens is 244 g/mol. The first-order valence-corrected chi connectivity index (χ1v) is 6.72. The molecule has 0 unspecified atom stereocenters. The number of benzene rings is 1. The second-order valence-corrected chi connectivity index (χ2v) is 5.03. The minimum atomic E-state index is -0.407. The lowest BCUT2D eigenvalue weighted by Crippen LogP contribution is -2.15. The van der Waals surface area contributed by atoms with E-state index in [4.69, 9.17) is 4.74 Å². The van der Waals surface area contributed by atoms with Gasteiger partial charge in [0, 0.05) is 12.6 Å². The van der Waals surface area contributed by atoms with E-state index in [0.29, 0.717) is 12.3 Å². The summed E-state index contributed by atoms with van der Waals surface area (Å²) < 4.78 is 4.98. The molecule has 1 aliphatic rings. The SMILES string of the molecule is COc1ccc(CNCCCC2CC2)cc1[N+](=O)[O-]. The van der Waals surface area contributed by atoms with Crippen molar-refractivity contribution < 1.29 is 9.66 Å². The van der Waals surface area contributed by atoms with Gasteiger partial charge >= 0.3 is 5.69 Å². The number of methoxy groups -OCH3 is 1. The Balaban J connectivity index is 1.81. The summed E-state index contributed by atoms with van der Waals surface area (Å²) in [7, 11) is 1.44. The van der Waals surface area contributed by atoms with Gasteiger partial charge in [-0.25, -0.2) is 0 Å². The summed E-state index contributed by atoms with van der Waals surface area (Å²) in [6, 6.07) is 5.09. The Bertz CT molecular complexity index is 444. The number of nitro benzene ring substituents is 1. The second-order valence-electron chi connectivity index (χ2n) is 5.03. The molecule has 1 aliphatic carbocycles. The first kappa shape index (κ1) is 13.8. The Morgan fingerprint density at radius 3 is 2.89 bits per heavy atom. The van der Waals surface area contributed by atoms with Gasteiger partial charge in [-0.05, 0) is 36.9 Å². The minimum Gasteiger partial charge on any atom is -0.490 e. The van der Waals surface area contributed by atoms with E-state index in [1.807, 2.05) is 6.07 Å². The van der Waals surface area contributed by atoms with Crippen LogP contribution in [0.5, 0.6) is 5.75 Å². The molecular formula is C14H20N2O3. The van der Waals surface area contributed by atoms with E-state index in [2.05, 4.69) is 5.32 Å². The highest BCUT2D eigenvalue weighted by Crippen LogP contribution is 2.33. The van der Waals surface area contributed by atoms with Gasteiger partial charge < -0.3 is 10.1 Å². The zero-order chi connectivity index (χ0) is 13.7. The fourth-order valence-corrected chi connectivity index (χ4v) is 2.14. The molecule has 0 bridgehead atoms. The van der Waals surface area contributed by atoms with Crippen molar-refractivity contribution in [3.8, 4) is 5.75 Å². The molecule has 0 saturated heterocycles. The molecule has 0 atom stereocenters. The lowest BCUT2D eigenvalue weighted by Gasteiger charge is -2.06. The van der Waals surface area contributed by atoms with E-state index in [1.165, 1.54) is 32.8 Å². The summed E-state index contributed by atoms with van der Waals surface area (Å²) in [6.45, 7) is 1.63. The molecule has 2 rings (SSSR count). The monoisotopic (exact) mass is 264 g/mol. The lowest BCUT2D eigenvalue weighted by atomic mass is 10.1.